The highest BCUT2D eigenvalue weighted by Gasteiger charge is 2.00. The Hall–Kier alpha value is -1.72. The van der Waals surface area contributed by atoms with Gasteiger partial charge in [0.1, 0.15) is 5.75 Å². The molecule has 0 aromatic heterocycles. The van der Waals surface area contributed by atoms with Gasteiger partial charge in [-0.1, -0.05) is 18.2 Å². The van der Waals surface area contributed by atoms with Gasteiger partial charge in [0, 0.05) is 23.2 Å². The average molecular weight is 318 g/mol. The third-order valence-corrected chi connectivity index (χ3v) is 3.93. The molecule has 0 saturated carbocycles. The van der Waals surface area contributed by atoms with Crippen LogP contribution in [0.2, 0.25) is 0 Å². The summed E-state index contributed by atoms with van der Waals surface area (Å²) in [4.78, 5) is 1.26. The van der Waals surface area contributed by atoms with Crippen molar-refractivity contribution in [3.05, 3.63) is 54.1 Å². The van der Waals surface area contributed by atoms with Crippen molar-refractivity contribution in [2.75, 3.05) is 18.7 Å². The van der Waals surface area contributed by atoms with E-state index in [-0.39, 0.29) is 0 Å². The van der Waals surface area contributed by atoms with Crippen LogP contribution in [0.25, 0.3) is 0 Å². The van der Waals surface area contributed by atoms with Gasteiger partial charge < -0.3 is 15.4 Å². The molecule has 0 aliphatic rings. The molecule has 0 spiro atoms. The van der Waals surface area contributed by atoms with Crippen molar-refractivity contribution in [2.24, 2.45) is 0 Å². The summed E-state index contributed by atoms with van der Waals surface area (Å²) in [6.45, 7) is 0.699. The molecule has 0 amide bonds. The maximum atomic E-state index is 5.30. The first-order chi connectivity index (χ1) is 10.2. The van der Waals surface area contributed by atoms with Crippen LogP contribution in [0.5, 0.6) is 5.75 Å². The molecule has 2 rings (SSSR count). The summed E-state index contributed by atoms with van der Waals surface area (Å²) >= 11 is 7.03. The molecule has 0 aliphatic heterocycles. The fraction of sp³-hybridized carbons (Fsp3) is 0.188. The summed E-state index contributed by atoms with van der Waals surface area (Å²) < 4.78 is 5.18. The first-order valence-electron chi connectivity index (χ1n) is 6.53. The molecule has 0 heterocycles. The maximum absolute atomic E-state index is 5.30. The van der Waals surface area contributed by atoms with Crippen molar-refractivity contribution in [1.82, 2.24) is 5.32 Å². The minimum absolute atomic E-state index is 0.595. The summed E-state index contributed by atoms with van der Waals surface area (Å²) in [6.07, 6.45) is 2.07. The summed E-state index contributed by atoms with van der Waals surface area (Å²) in [6, 6.07) is 16.1. The van der Waals surface area contributed by atoms with Gasteiger partial charge in [0.2, 0.25) is 0 Å². The smallest absolute Gasteiger partial charge is 0.171 e. The maximum Gasteiger partial charge on any atom is 0.171 e. The molecule has 110 valence electrons. The molecule has 2 N–H and O–H groups in total. The number of methoxy groups -OCH3 is 1. The molecule has 21 heavy (non-hydrogen) atoms. The van der Waals surface area contributed by atoms with E-state index in [0.29, 0.717) is 11.7 Å². The topological polar surface area (TPSA) is 33.3 Å². The summed E-state index contributed by atoms with van der Waals surface area (Å²) in [7, 11) is 1.65. The van der Waals surface area contributed by atoms with Gasteiger partial charge in [0.05, 0.1) is 7.11 Å². The van der Waals surface area contributed by atoms with Gasteiger partial charge in [-0.25, -0.2) is 0 Å². The van der Waals surface area contributed by atoms with Crippen molar-refractivity contribution in [3.8, 4) is 5.75 Å². The first kappa shape index (κ1) is 15.7. The van der Waals surface area contributed by atoms with E-state index < -0.39 is 0 Å². The fourth-order valence-corrected chi connectivity index (χ4v) is 2.40. The lowest BCUT2D eigenvalue weighted by atomic mass is 10.2. The highest BCUT2D eigenvalue weighted by Crippen LogP contribution is 2.17. The Bertz CT molecular complexity index is 599. The molecule has 2 aromatic rings. The Morgan fingerprint density at radius 1 is 1.19 bits per heavy atom. The fourth-order valence-electron chi connectivity index (χ4n) is 1.80. The molecule has 2 aromatic carbocycles. The molecule has 0 saturated heterocycles. The van der Waals surface area contributed by atoms with E-state index in [1.807, 2.05) is 24.3 Å². The van der Waals surface area contributed by atoms with Gasteiger partial charge >= 0.3 is 0 Å². The van der Waals surface area contributed by atoms with Crippen LogP contribution in [-0.4, -0.2) is 18.5 Å². The standard InChI is InChI=1S/C16H18N2OS2/c1-19-14-5-3-4-13(10-14)18-16(20)17-11-12-6-8-15(21-2)9-7-12/h3-10H,11H2,1-2H3,(H2,17,18,20). The van der Waals surface area contributed by atoms with Crippen LogP contribution in [0.15, 0.2) is 53.4 Å². The minimum atomic E-state index is 0.595. The molecule has 0 atom stereocenters. The second-order valence-corrected chi connectivity index (χ2v) is 5.68. The van der Waals surface area contributed by atoms with Crippen LogP contribution in [0.3, 0.4) is 0 Å². The molecule has 3 nitrogen and oxygen atoms in total. The van der Waals surface area contributed by atoms with Gasteiger partial charge in [0.15, 0.2) is 5.11 Å². The Balaban J connectivity index is 1.86. The zero-order valence-corrected chi connectivity index (χ0v) is 13.7. The molecule has 5 heteroatoms. The van der Waals surface area contributed by atoms with Crippen LogP contribution in [-0.2, 0) is 6.54 Å². The SMILES string of the molecule is COc1cccc(NC(=S)NCc2ccc(SC)cc2)c1. The van der Waals surface area contributed by atoms with Crippen LogP contribution in [0.4, 0.5) is 5.69 Å². The van der Waals surface area contributed by atoms with Crippen LogP contribution >= 0.6 is 24.0 Å². The quantitative estimate of drug-likeness (QED) is 0.645. The van der Waals surface area contributed by atoms with E-state index in [2.05, 4.69) is 41.2 Å². The zero-order valence-electron chi connectivity index (χ0n) is 12.1. The Morgan fingerprint density at radius 3 is 2.62 bits per heavy atom. The van der Waals surface area contributed by atoms with Crippen molar-refractivity contribution in [3.63, 3.8) is 0 Å². The van der Waals surface area contributed by atoms with Crippen LogP contribution in [0, 0.1) is 0 Å². The number of anilines is 1. The first-order valence-corrected chi connectivity index (χ1v) is 8.16. The second kappa shape index (κ2) is 7.90. The summed E-state index contributed by atoms with van der Waals surface area (Å²) in [5.41, 5.74) is 2.10. The van der Waals surface area contributed by atoms with Gasteiger partial charge in [-0.3, -0.25) is 0 Å². The predicted octanol–water partition coefficient (Wildman–Crippen LogP) is 3.90. The average Bonchev–Trinajstić information content (AvgIpc) is 2.53. The Labute approximate surface area is 135 Å². The molecule has 0 aliphatic carbocycles. The minimum Gasteiger partial charge on any atom is -0.497 e. The molecule has 0 bridgehead atoms. The van der Waals surface area contributed by atoms with Gasteiger partial charge in [-0.05, 0) is 48.3 Å². The molecule has 0 unspecified atom stereocenters. The molecule has 0 fully saturated rings. The summed E-state index contributed by atoms with van der Waals surface area (Å²) in [5.74, 6) is 0.801. The van der Waals surface area contributed by atoms with Crippen molar-refractivity contribution in [2.45, 2.75) is 11.4 Å². The number of hydrogen-bond acceptors (Lipinski definition) is 3. The van der Waals surface area contributed by atoms with E-state index in [4.69, 9.17) is 17.0 Å². The van der Waals surface area contributed by atoms with Crippen molar-refractivity contribution < 1.29 is 4.74 Å². The zero-order chi connectivity index (χ0) is 15.1. The number of thiocarbonyl (C=S) groups is 1. The van der Waals surface area contributed by atoms with Crippen molar-refractivity contribution >= 4 is 34.8 Å². The Morgan fingerprint density at radius 2 is 1.95 bits per heavy atom. The normalized spacial score (nSPS) is 10.0. The third kappa shape index (κ3) is 4.95. The van der Waals surface area contributed by atoms with Gasteiger partial charge in [-0.15, -0.1) is 11.8 Å². The number of benzene rings is 2. The summed E-state index contributed by atoms with van der Waals surface area (Å²) in [5, 5.41) is 6.94. The highest BCUT2D eigenvalue weighted by atomic mass is 32.2. The number of thioether (sulfide) groups is 1. The van der Waals surface area contributed by atoms with E-state index >= 15 is 0 Å². The lowest BCUT2D eigenvalue weighted by Crippen LogP contribution is -2.27. The largest absolute Gasteiger partial charge is 0.497 e. The monoisotopic (exact) mass is 318 g/mol. The van der Waals surface area contributed by atoms with Crippen LogP contribution in [0.1, 0.15) is 5.56 Å². The van der Waals surface area contributed by atoms with Crippen LogP contribution < -0.4 is 15.4 Å². The van der Waals surface area contributed by atoms with Gasteiger partial charge in [0.25, 0.3) is 0 Å². The third-order valence-electron chi connectivity index (χ3n) is 2.94. The lowest BCUT2D eigenvalue weighted by Gasteiger charge is -2.11. The van der Waals surface area contributed by atoms with E-state index in [9.17, 15) is 0 Å². The number of nitrogens with one attached hydrogen (secondary N) is 2. The second-order valence-electron chi connectivity index (χ2n) is 4.39. The van der Waals surface area contributed by atoms with Gasteiger partial charge in [-0.2, -0.15) is 0 Å². The van der Waals surface area contributed by atoms with Crippen molar-refractivity contribution in [1.29, 1.82) is 0 Å². The highest BCUT2D eigenvalue weighted by molar-refractivity contribution is 7.98. The molecular weight excluding hydrogens is 300 g/mol. The Kier molecular flexibility index (Phi) is 5.90. The molecule has 0 radical (unpaired) electrons. The number of hydrogen-bond donors (Lipinski definition) is 2. The molecular formula is C16H18N2OS2. The predicted molar refractivity (Wildman–Crippen MR) is 94.3 cm³/mol. The van der Waals surface area contributed by atoms with E-state index in [1.165, 1.54) is 10.5 Å². The van der Waals surface area contributed by atoms with E-state index in [1.54, 1.807) is 18.9 Å². The number of ether oxygens (including phenoxy) is 1. The number of rotatable bonds is 5. The van der Waals surface area contributed by atoms with E-state index in [0.717, 1.165) is 11.4 Å². The lowest BCUT2D eigenvalue weighted by molar-refractivity contribution is 0.415.